The molecule has 0 radical (unpaired) electrons. The fourth-order valence-corrected chi connectivity index (χ4v) is 1.06. The van der Waals surface area contributed by atoms with E-state index < -0.39 is 0 Å². The van der Waals surface area contributed by atoms with E-state index in [-0.39, 0.29) is 5.54 Å². The Kier molecular flexibility index (Phi) is 3.66. The minimum atomic E-state index is -0.130. The van der Waals surface area contributed by atoms with Crippen molar-refractivity contribution < 1.29 is 0 Å². The molecule has 0 bridgehead atoms. The van der Waals surface area contributed by atoms with Crippen LogP contribution < -0.4 is 11.5 Å². The topological polar surface area (TPSA) is 77.3 Å². The minimum Gasteiger partial charge on any atom is -0.404 e. The summed E-state index contributed by atoms with van der Waals surface area (Å²) < 4.78 is 0. The predicted octanol–water partition coefficient (Wildman–Crippen LogP) is 1.83. The molecular weight excluding hydrogens is 200 g/mol. The largest absolute Gasteiger partial charge is 0.404 e. The summed E-state index contributed by atoms with van der Waals surface area (Å²) in [4.78, 5) is 8.57. The van der Waals surface area contributed by atoms with E-state index in [9.17, 15) is 0 Å². The summed E-state index contributed by atoms with van der Waals surface area (Å²) >= 11 is 0. The molecule has 4 nitrogen and oxygen atoms in total. The first kappa shape index (κ1) is 12.2. The molecule has 0 aliphatic heterocycles. The summed E-state index contributed by atoms with van der Waals surface area (Å²) in [5.74, 6) is 0. The molecule has 0 atom stereocenters. The second-order valence-electron chi connectivity index (χ2n) is 4.53. The van der Waals surface area contributed by atoms with Crippen LogP contribution >= 0.6 is 0 Å². The van der Waals surface area contributed by atoms with Crippen LogP contribution in [-0.4, -0.2) is 16.7 Å². The molecule has 0 saturated heterocycles. The van der Waals surface area contributed by atoms with Gasteiger partial charge in [0.15, 0.2) is 0 Å². The number of anilines is 1. The molecule has 16 heavy (non-hydrogen) atoms. The molecule has 1 aromatic rings. The average Bonchev–Trinajstić information content (AvgIpc) is 2.17. The van der Waals surface area contributed by atoms with Gasteiger partial charge in [0.05, 0.1) is 11.2 Å². The van der Waals surface area contributed by atoms with Crippen LogP contribution in [0.1, 0.15) is 26.5 Å². The molecule has 0 aliphatic carbocycles. The van der Waals surface area contributed by atoms with Crippen molar-refractivity contribution in [2.45, 2.75) is 26.3 Å². The van der Waals surface area contributed by atoms with Gasteiger partial charge in [0, 0.05) is 29.9 Å². The maximum atomic E-state index is 5.68. The van der Waals surface area contributed by atoms with E-state index in [1.54, 1.807) is 24.5 Å². The van der Waals surface area contributed by atoms with Gasteiger partial charge in [0.25, 0.3) is 0 Å². The number of aromatic nitrogens is 1. The number of nitrogens with two attached hydrogens (primary N) is 2. The highest BCUT2D eigenvalue weighted by Gasteiger charge is 2.06. The Labute approximate surface area is 96.1 Å². The molecule has 0 unspecified atom stereocenters. The van der Waals surface area contributed by atoms with Crippen molar-refractivity contribution in [2.75, 3.05) is 5.73 Å². The molecule has 0 spiro atoms. The Morgan fingerprint density at radius 2 is 2.12 bits per heavy atom. The van der Waals surface area contributed by atoms with Gasteiger partial charge < -0.3 is 11.5 Å². The number of hydrogen-bond acceptors (Lipinski definition) is 4. The first-order valence-corrected chi connectivity index (χ1v) is 5.11. The van der Waals surface area contributed by atoms with Crippen LogP contribution in [0.15, 0.2) is 29.5 Å². The molecule has 1 rings (SSSR count). The van der Waals surface area contributed by atoms with Gasteiger partial charge in [-0.05, 0) is 32.9 Å². The lowest BCUT2D eigenvalue weighted by Crippen LogP contribution is -2.10. The van der Waals surface area contributed by atoms with Gasteiger partial charge in [0.1, 0.15) is 0 Å². The van der Waals surface area contributed by atoms with Crippen LogP contribution in [0.3, 0.4) is 0 Å². The van der Waals surface area contributed by atoms with Crippen molar-refractivity contribution in [1.82, 2.24) is 4.98 Å². The van der Waals surface area contributed by atoms with Crippen LogP contribution in [0.4, 0.5) is 5.69 Å². The first-order valence-electron chi connectivity index (χ1n) is 5.11. The Hall–Kier alpha value is -1.84. The van der Waals surface area contributed by atoms with Crippen molar-refractivity contribution in [3.8, 4) is 0 Å². The lowest BCUT2D eigenvalue weighted by atomic mass is 10.1. The highest BCUT2D eigenvalue weighted by Crippen LogP contribution is 2.13. The zero-order valence-corrected chi connectivity index (χ0v) is 9.94. The van der Waals surface area contributed by atoms with E-state index in [0.717, 1.165) is 11.3 Å². The molecule has 86 valence electrons. The van der Waals surface area contributed by atoms with Gasteiger partial charge in [-0.2, -0.15) is 0 Å². The number of nitrogen functional groups attached to an aromatic ring is 1. The van der Waals surface area contributed by atoms with Crippen molar-refractivity contribution in [3.63, 3.8) is 0 Å². The van der Waals surface area contributed by atoms with Crippen LogP contribution in [0.25, 0.3) is 5.57 Å². The molecule has 1 heterocycles. The van der Waals surface area contributed by atoms with Gasteiger partial charge in [0.2, 0.25) is 0 Å². The van der Waals surface area contributed by atoms with Crippen LogP contribution in [0.2, 0.25) is 0 Å². The number of allylic oxidation sites excluding steroid dienone is 1. The molecular formula is C12H18N4. The molecule has 0 saturated carbocycles. The highest BCUT2D eigenvalue weighted by molar-refractivity contribution is 6.09. The van der Waals surface area contributed by atoms with E-state index in [4.69, 9.17) is 11.5 Å². The third-order valence-electron chi connectivity index (χ3n) is 1.85. The number of rotatable bonds is 2. The summed E-state index contributed by atoms with van der Waals surface area (Å²) in [7, 11) is 0. The molecule has 1 aromatic heterocycles. The summed E-state index contributed by atoms with van der Waals surface area (Å²) in [6.07, 6.45) is 4.86. The fraction of sp³-hybridized carbons (Fsp3) is 0.333. The van der Waals surface area contributed by atoms with Crippen molar-refractivity contribution in [2.24, 2.45) is 10.7 Å². The fourth-order valence-electron chi connectivity index (χ4n) is 1.06. The Balaban J connectivity index is 2.97. The van der Waals surface area contributed by atoms with Crippen LogP contribution in [-0.2, 0) is 0 Å². The summed E-state index contributed by atoms with van der Waals surface area (Å²) in [6, 6.07) is 3.51. The molecule has 4 N–H and O–H groups in total. The lowest BCUT2D eigenvalue weighted by molar-refractivity contribution is 0.587. The van der Waals surface area contributed by atoms with E-state index in [0.29, 0.717) is 5.69 Å². The van der Waals surface area contributed by atoms with E-state index in [1.165, 1.54) is 6.20 Å². The normalized spacial score (nSPS) is 13.3. The second-order valence-corrected chi connectivity index (χ2v) is 4.53. The standard InChI is InChI=1S/C12H18N4/c1-12(2,3)16-8-9(7-13)11-6-10(14)4-5-15-11/h4-8H,13H2,1-3H3,(H2,14,15)/b9-7+,16-8?. The maximum Gasteiger partial charge on any atom is 0.0752 e. The van der Waals surface area contributed by atoms with E-state index >= 15 is 0 Å². The Morgan fingerprint density at radius 1 is 1.44 bits per heavy atom. The van der Waals surface area contributed by atoms with Crippen molar-refractivity contribution in [1.29, 1.82) is 0 Å². The zero-order chi connectivity index (χ0) is 12.2. The van der Waals surface area contributed by atoms with E-state index in [2.05, 4.69) is 9.98 Å². The van der Waals surface area contributed by atoms with Crippen LogP contribution in [0.5, 0.6) is 0 Å². The smallest absolute Gasteiger partial charge is 0.0752 e. The Bertz CT molecular complexity index is 413. The second kappa shape index (κ2) is 4.79. The summed E-state index contributed by atoms with van der Waals surface area (Å²) in [5, 5.41) is 0. The minimum absolute atomic E-state index is 0.130. The highest BCUT2D eigenvalue weighted by atomic mass is 14.8. The lowest BCUT2D eigenvalue weighted by Gasteiger charge is -2.11. The van der Waals surface area contributed by atoms with Gasteiger partial charge in [-0.15, -0.1) is 0 Å². The SMILES string of the molecule is CC(C)(C)N=C/C(=C\N)c1cc(N)ccn1. The monoisotopic (exact) mass is 218 g/mol. The molecule has 0 aromatic carbocycles. The molecule has 0 aliphatic rings. The van der Waals surface area contributed by atoms with Gasteiger partial charge in [-0.25, -0.2) is 0 Å². The first-order chi connectivity index (χ1) is 7.42. The number of hydrogen-bond donors (Lipinski definition) is 2. The average molecular weight is 218 g/mol. The van der Waals surface area contributed by atoms with Crippen molar-refractivity contribution in [3.05, 3.63) is 30.2 Å². The Morgan fingerprint density at radius 3 is 2.62 bits per heavy atom. The van der Waals surface area contributed by atoms with Gasteiger partial charge >= 0.3 is 0 Å². The maximum absolute atomic E-state index is 5.68. The molecule has 0 amide bonds. The van der Waals surface area contributed by atoms with Crippen molar-refractivity contribution >= 4 is 17.5 Å². The summed E-state index contributed by atoms with van der Waals surface area (Å²) in [5.41, 5.74) is 13.3. The third-order valence-corrected chi connectivity index (χ3v) is 1.85. The quantitative estimate of drug-likeness (QED) is 0.743. The molecule has 0 fully saturated rings. The van der Waals surface area contributed by atoms with Gasteiger partial charge in [-0.3, -0.25) is 9.98 Å². The number of aliphatic imine (C=N–C) groups is 1. The third kappa shape index (κ3) is 3.73. The van der Waals surface area contributed by atoms with Gasteiger partial charge in [-0.1, -0.05) is 0 Å². The van der Waals surface area contributed by atoms with E-state index in [1.807, 2.05) is 20.8 Å². The zero-order valence-electron chi connectivity index (χ0n) is 9.94. The number of pyridine rings is 1. The molecule has 4 heteroatoms. The summed E-state index contributed by atoms with van der Waals surface area (Å²) in [6.45, 7) is 6.05. The number of nitrogens with zero attached hydrogens (tertiary/aromatic N) is 2. The van der Waals surface area contributed by atoms with Crippen LogP contribution in [0, 0.1) is 0 Å². The predicted molar refractivity (Wildman–Crippen MR) is 69.1 cm³/mol.